The summed E-state index contributed by atoms with van der Waals surface area (Å²) in [7, 11) is 1.61. The van der Waals surface area contributed by atoms with Gasteiger partial charge < -0.3 is 9.47 Å². The van der Waals surface area contributed by atoms with Crippen LogP contribution in [0.3, 0.4) is 0 Å². The molecule has 0 aromatic heterocycles. The number of Topliss-reactive ketones (excluding diaryl/α,β-unsaturated/α-hetero) is 1. The lowest BCUT2D eigenvalue weighted by atomic mass is 10.0. The first-order chi connectivity index (χ1) is 9.15. The van der Waals surface area contributed by atoms with Gasteiger partial charge >= 0.3 is 0 Å². The van der Waals surface area contributed by atoms with Crippen LogP contribution >= 0.6 is 22.6 Å². The number of ether oxygens (including phenoxy) is 2. The molecule has 0 fully saturated rings. The van der Waals surface area contributed by atoms with E-state index in [2.05, 4.69) is 29.5 Å². The number of carbonyl (C=O) groups excluding carboxylic acids is 1. The van der Waals surface area contributed by atoms with E-state index in [0.717, 1.165) is 35.0 Å². The van der Waals surface area contributed by atoms with Gasteiger partial charge in [0, 0.05) is 9.99 Å². The summed E-state index contributed by atoms with van der Waals surface area (Å²) < 4.78 is 12.3. The van der Waals surface area contributed by atoms with Crippen molar-refractivity contribution in [3.8, 4) is 11.5 Å². The Balaban J connectivity index is 3.13. The van der Waals surface area contributed by atoms with Crippen molar-refractivity contribution in [1.82, 2.24) is 0 Å². The zero-order valence-corrected chi connectivity index (χ0v) is 14.0. The number of benzene rings is 1. The molecule has 0 aliphatic carbocycles. The van der Waals surface area contributed by atoms with Crippen LogP contribution in [0.2, 0.25) is 0 Å². The zero-order valence-electron chi connectivity index (χ0n) is 11.8. The minimum Gasteiger partial charge on any atom is -0.496 e. The Morgan fingerprint density at radius 2 is 2.11 bits per heavy atom. The summed E-state index contributed by atoms with van der Waals surface area (Å²) in [5.74, 6) is 1.53. The lowest BCUT2D eigenvalue weighted by Gasteiger charge is -2.16. The predicted molar refractivity (Wildman–Crippen MR) is 86.0 cm³/mol. The third-order valence-electron chi connectivity index (χ3n) is 2.84. The van der Waals surface area contributed by atoms with Gasteiger partial charge in [0.1, 0.15) is 11.5 Å². The zero-order chi connectivity index (χ0) is 14.3. The summed E-state index contributed by atoms with van der Waals surface area (Å²) in [5, 5.41) is 0. The molecule has 4 heteroatoms. The molecule has 0 bridgehead atoms. The number of halogens is 1. The van der Waals surface area contributed by atoms with E-state index in [1.165, 1.54) is 0 Å². The number of hydrogen-bond acceptors (Lipinski definition) is 3. The normalized spacial score (nSPS) is 10.3. The highest BCUT2D eigenvalue weighted by atomic mass is 127. The molecule has 3 nitrogen and oxygen atoms in total. The first-order valence-corrected chi connectivity index (χ1v) is 8.07. The molecule has 0 saturated carbocycles. The number of hydrogen-bond donors (Lipinski definition) is 0. The van der Waals surface area contributed by atoms with Crippen molar-refractivity contribution in [3.05, 3.63) is 23.3 Å². The molecule has 0 amide bonds. The van der Waals surface area contributed by atoms with E-state index in [9.17, 15) is 4.79 Å². The van der Waals surface area contributed by atoms with Gasteiger partial charge in [0.2, 0.25) is 0 Å². The number of ketones is 1. The maximum atomic E-state index is 11.6. The SMILES string of the molecule is CCCc1c(OCCCI)ccc(C(C)=O)c1OC. The average molecular weight is 376 g/mol. The minimum absolute atomic E-state index is 0.0213. The molecule has 0 saturated heterocycles. The molecule has 0 atom stereocenters. The molecule has 0 unspecified atom stereocenters. The molecule has 1 rings (SSSR count). The molecular weight excluding hydrogens is 355 g/mol. The van der Waals surface area contributed by atoms with Gasteiger partial charge in [-0.1, -0.05) is 35.9 Å². The molecule has 0 spiro atoms. The highest BCUT2D eigenvalue weighted by Crippen LogP contribution is 2.33. The van der Waals surface area contributed by atoms with Crippen LogP contribution in [-0.4, -0.2) is 23.9 Å². The van der Waals surface area contributed by atoms with Crippen molar-refractivity contribution in [3.63, 3.8) is 0 Å². The standard InChI is InChI=1S/C15H21IO3/c1-4-6-13-14(19-10-5-9-16)8-7-12(11(2)17)15(13)18-3/h7-8H,4-6,9-10H2,1-3H3. The summed E-state index contributed by atoms with van der Waals surface area (Å²) in [4.78, 5) is 11.6. The van der Waals surface area contributed by atoms with Crippen LogP contribution in [0.25, 0.3) is 0 Å². The smallest absolute Gasteiger partial charge is 0.163 e. The largest absolute Gasteiger partial charge is 0.496 e. The molecule has 106 valence electrons. The van der Waals surface area contributed by atoms with Crippen molar-refractivity contribution in [2.75, 3.05) is 18.1 Å². The third-order valence-corrected chi connectivity index (χ3v) is 3.60. The van der Waals surface area contributed by atoms with Crippen LogP contribution < -0.4 is 9.47 Å². The highest BCUT2D eigenvalue weighted by Gasteiger charge is 2.17. The summed E-state index contributed by atoms with van der Waals surface area (Å²) in [5.41, 5.74) is 1.64. The Labute approximate surface area is 128 Å². The average Bonchev–Trinajstić information content (AvgIpc) is 2.40. The first-order valence-electron chi connectivity index (χ1n) is 6.55. The number of carbonyl (C=O) groups is 1. The van der Waals surface area contributed by atoms with Crippen molar-refractivity contribution < 1.29 is 14.3 Å². The van der Waals surface area contributed by atoms with E-state index in [-0.39, 0.29) is 5.78 Å². The molecule has 1 aromatic rings. The van der Waals surface area contributed by atoms with Gasteiger partial charge in [0.25, 0.3) is 0 Å². The summed E-state index contributed by atoms with van der Waals surface area (Å²) >= 11 is 2.33. The Hall–Kier alpha value is -0.780. The number of rotatable bonds is 8. The fourth-order valence-corrected chi connectivity index (χ4v) is 2.29. The lowest BCUT2D eigenvalue weighted by Crippen LogP contribution is -2.06. The molecular formula is C15H21IO3. The lowest BCUT2D eigenvalue weighted by molar-refractivity contribution is 0.101. The molecule has 1 aromatic carbocycles. The van der Waals surface area contributed by atoms with Crippen LogP contribution in [0.1, 0.15) is 42.6 Å². The first kappa shape index (κ1) is 16.3. The molecule has 0 heterocycles. The maximum absolute atomic E-state index is 11.6. The summed E-state index contributed by atoms with van der Waals surface area (Å²) in [6.07, 6.45) is 2.85. The van der Waals surface area contributed by atoms with Gasteiger partial charge in [-0.2, -0.15) is 0 Å². The maximum Gasteiger partial charge on any atom is 0.163 e. The Kier molecular flexibility index (Phi) is 7.20. The second kappa shape index (κ2) is 8.40. The molecule has 0 radical (unpaired) electrons. The van der Waals surface area contributed by atoms with Crippen molar-refractivity contribution >= 4 is 28.4 Å². The topological polar surface area (TPSA) is 35.5 Å². The fraction of sp³-hybridized carbons (Fsp3) is 0.533. The van der Waals surface area contributed by atoms with Gasteiger partial charge in [-0.15, -0.1) is 0 Å². The highest BCUT2D eigenvalue weighted by molar-refractivity contribution is 14.1. The predicted octanol–water partition coefficient (Wildman–Crippen LogP) is 4.05. The fourth-order valence-electron chi connectivity index (χ4n) is 1.98. The quantitative estimate of drug-likeness (QED) is 0.297. The van der Waals surface area contributed by atoms with Crippen LogP contribution in [0, 0.1) is 0 Å². The molecule has 0 N–H and O–H groups in total. The van der Waals surface area contributed by atoms with Crippen LogP contribution in [0.5, 0.6) is 11.5 Å². The van der Waals surface area contributed by atoms with E-state index < -0.39 is 0 Å². The second-order valence-electron chi connectivity index (χ2n) is 4.32. The second-order valence-corrected chi connectivity index (χ2v) is 5.40. The van der Waals surface area contributed by atoms with E-state index >= 15 is 0 Å². The summed E-state index contributed by atoms with van der Waals surface area (Å²) in [6.45, 7) is 4.36. The molecule has 19 heavy (non-hydrogen) atoms. The van der Waals surface area contributed by atoms with E-state index in [0.29, 0.717) is 17.9 Å². The minimum atomic E-state index is 0.0213. The van der Waals surface area contributed by atoms with Crippen LogP contribution in [-0.2, 0) is 6.42 Å². The molecule has 0 aliphatic heterocycles. The van der Waals surface area contributed by atoms with E-state index in [1.54, 1.807) is 20.1 Å². The van der Waals surface area contributed by atoms with Gasteiger partial charge in [-0.05, 0) is 31.9 Å². The number of methoxy groups -OCH3 is 1. The Bertz CT molecular complexity index is 430. The van der Waals surface area contributed by atoms with Crippen molar-refractivity contribution in [1.29, 1.82) is 0 Å². The van der Waals surface area contributed by atoms with E-state index in [4.69, 9.17) is 9.47 Å². The Morgan fingerprint density at radius 1 is 1.37 bits per heavy atom. The van der Waals surface area contributed by atoms with Gasteiger partial charge in [-0.25, -0.2) is 0 Å². The van der Waals surface area contributed by atoms with Gasteiger partial charge in [-0.3, -0.25) is 4.79 Å². The van der Waals surface area contributed by atoms with Crippen LogP contribution in [0.4, 0.5) is 0 Å². The number of alkyl halides is 1. The van der Waals surface area contributed by atoms with Crippen molar-refractivity contribution in [2.45, 2.75) is 33.1 Å². The Morgan fingerprint density at radius 3 is 2.63 bits per heavy atom. The monoisotopic (exact) mass is 376 g/mol. The van der Waals surface area contributed by atoms with E-state index in [1.807, 2.05) is 6.07 Å². The third kappa shape index (κ3) is 4.37. The van der Waals surface area contributed by atoms with Gasteiger partial charge in [0.15, 0.2) is 5.78 Å². The molecule has 0 aliphatic rings. The summed E-state index contributed by atoms with van der Waals surface area (Å²) in [6, 6.07) is 3.68. The van der Waals surface area contributed by atoms with Crippen LogP contribution in [0.15, 0.2) is 12.1 Å². The van der Waals surface area contributed by atoms with Gasteiger partial charge in [0.05, 0.1) is 19.3 Å². The van der Waals surface area contributed by atoms with Crippen molar-refractivity contribution in [2.24, 2.45) is 0 Å².